The van der Waals surface area contributed by atoms with Crippen molar-refractivity contribution in [3.63, 3.8) is 0 Å². The maximum absolute atomic E-state index is 6.92. The quantitative estimate of drug-likeness (QED) is 0.533. The van der Waals surface area contributed by atoms with Crippen LogP contribution in [0.2, 0.25) is 0 Å². The van der Waals surface area contributed by atoms with E-state index in [1.165, 1.54) is 5.56 Å². The highest BCUT2D eigenvalue weighted by Crippen LogP contribution is 1.94. The molecule has 1 aromatic heterocycles. The molecule has 0 atom stereocenters. The minimum Gasteiger partial charge on any atom is -0.265 e. The molecule has 0 aliphatic heterocycles. The third-order valence-corrected chi connectivity index (χ3v) is 1.04. The van der Waals surface area contributed by atoms with E-state index in [-0.39, 0.29) is 0 Å². The van der Waals surface area contributed by atoms with Gasteiger partial charge in [0.25, 0.3) is 0 Å². The van der Waals surface area contributed by atoms with Crippen molar-refractivity contribution in [3.05, 3.63) is 30.1 Å². The summed E-state index contributed by atoms with van der Waals surface area (Å²) < 4.78 is 6.92. The van der Waals surface area contributed by atoms with Crippen LogP contribution in [0.5, 0.6) is 0 Å². The lowest BCUT2D eigenvalue weighted by atomic mass is 10.2. The van der Waals surface area contributed by atoms with Crippen molar-refractivity contribution in [1.82, 2.24) is 4.98 Å². The van der Waals surface area contributed by atoms with Gasteiger partial charge in [-0.2, -0.15) is 0 Å². The maximum Gasteiger partial charge on any atom is 0.0270 e. The van der Waals surface area contributed by atoms with Gasteiger partial charge in [-0.05, 0) is 24.1 Å². The number of aromatic nitrogens is 1. The number of rotatable bonds is 1. The first-order chi connectivity index (χ1) is 4.43. The van der Waals surface area contributed by atoms with Crippen LogP contribution in [0.15, 0.2) is 24.5 Å². The van der Waals surface area contributed by atoms with E-state index in [1.54, 1.807) is 12.4 Å². The van der Waals surface area contributed by atoms with E-state index in [4.69, 9.17) is 1.37 Å². The summed E-state index contributed by atoms with van der Waals surface area (Å²) in [5.74, 6) is 0. The van der Waals surface area contributed by atoms with Gasteiger partial charge in [0.2, 0.25) is 0 Å². The van der Waals surface area contributed by atoms with Crippen molar-refractivity contribution in [2.75, 3.05) is 0 Å². The van der Waals surface area contributed by atoms with Gasteiger partial charge in [0.05, 0.1) is 0 Å². The molecular weight excluding hydrogens is 98.1 g/mol. The molecule has 0 spiro atoms. The zero-order valence-corrected chi connectivity index (χ0v) is 4.67. The topological polar surface area (TPSA) is 12.9 Å². The van der Waals surface area contributed by atoms with Crippen molar-refractivity contribution >= 4 is 0 Å². The lowest BCUT2D eigenvalue weighted by Crippen LogP contribution is -1.76. The Kier molecular flexibility index (Phi) is 1.25. The molecular formula is C7H9N. The summed E-state index contributed by atoms with van der Waals surface area (Å²) in [6.45, 7) is 0.462. The van der Waals surface area contributed by atoms with Crippen LogP contribution in [-0.2, 0) is 6.42 Å². The van der Waals surface area contributed by atoms with Gasteiger partial charge >= 0.3 is 0 Å². The fourth-order valence-corrected chi connectivity index (χ4v) is 0.549. The second-order valence-electron chi connectivity index (χ2n) is 1.61. The van der Waals surface area contributed by atoms with E-state index >= 15 is 0 Å². The van der Waals surface area contributed by atoms with Gasteiger partial charge in [-0.15, -0.1) is 0 Å². The average Bonchev–Trinajstić information content (AvgIpc) is 1.91. The predicted molar refractivity (Wildman–Crippen MR) is 33.6 cm³/mol. The summed E-state index contributed by atoms with van der Waals surface area (Å²) in [4.78, 5) is 3.87. The Morgan fingerprint density at radius 2 is 2.38 bits per heavy atom. The first-order valence-corrected chi connectivity index (χ1v) is 2.61. The van der Waals surface area contributed by atoms with Crippen molar-refractivity contribution < 1.29 is 1.37 Å². The van der Waals surface area contributed by atoms with Crippen LogP contribution < -0.4 is 0 Å². The van der Waals surface area contributed by atoms with E-state index in [0.717, 1.165) is 6.42 Å². The third-order valence-electron chi connectivity index (χ3n) is 1.04. The first kappa shape index (κ1) is 4.07. The van der Waals surface area contributed by atoms with Crippen molar-refractivity contribution in [1.29, 1.82) is 0 Å². The predicted octanol–water partition coefficient (Wildman–Crippen LogP) is 1.64. The normalized spacial score (nSPS) is 10.8. The summed E-state index contributed by atoms with van der Waals surface area (Å²) in [6.07, 6.45) is 4.35. The van der Waals surface area contributed by atoms with Crippen LogP contribution in [0.1, 0.15) is 13.8 Å². The van der Waals surface area contributed by atoms with E-state index in [9.17, 15) is 0 Å². The third kappa shape index (κ3) is 1.06. The molecule has 0 aliphatic carbocycles. The summed E-state index contributed by atoms with van der Waals surface area (Å²) in [6, 6.07) is 3.88. The Balaban J connectivity index is 2.61. The minimum atomic E-state index is 0.462. The summed E-state index contributed by atoms with van der Waals surface area (Å²) >= 11 is 0. The highest BCUT2D eigenvalue weighted by molar-refractivity contribution is 5.08. The fourth-order valence-electron chi connectivity index (χ4n) is 0.549. The molecule has 0 bridgehead atoms. The summed E-state index contributed by atoms with van der Waals surface area (Å²) in [7, 11) is 0. The molecule has 0 radical (unpaired) electrons. The van der Waals surface area contributed by atoms with Crippen LogP contribution >= 0.6 is 0 Å². The molecule has 1 nitrogen and oxygen atoms in total. The molecule has 0 aromatic carbocycles. The molecule has 0 fully saturated rings. The van der Waals surface area contributed by atoms with Crippen LogP contribution in [0, 0.1) is 0 Å². The van der Waals surface area contributed by atoms with Gasteiger partial charge in [-0.25, -0.2) is 0 Å². The van der Waals surface area contributed by atoms with Crippen LogP contribution in [0.4, 0.5) is 0 Å². The highest BCUT2D eigenvalue weighted by atomic mass is 14.6. The second-order valence-corrected chi connectivity index (χ2v) is 1.61. The largest absolute Gasteiger partial charge is 0.265 e. The van der Waals surface area contributed by atoms with Crippen LogP contribution in [0.3, 0.4) is 0 Å². The molecule has 0 aliphatic rings. The SMILES string of the molecule is [2H]CCc1ccncc1. The second kappa shape index (κ2) is 2.46. The molecule has 1 heterocycles. The van der Waals surface area contributed by atoms with E-state index in [0.29, 0.717) is 6.90 Å². The fraction of sp³-hybridized carbons (Fsp3) is 0.286. The molecule has 0 saturated carbocycles. The van der Waals surface area contributed by atoms with Crippen molar-refractivity contribution in [2.24, 2.45) is 0 Å². The maximum atomic E-state index is 6.92. The van der Waals surface area contributed by atoms with Crippen LogP contribution in [0.25, 0.3) is 0 Å². The zero-order chi connectivity index (χ0) is 6.53. The molecule has 8 heavy (non-hydrogen) atoms. The van der Waals surface area contributed by atoms with Gasteiger partial charge in [-0.1, -0.05) is 6.90 Å². The number of aryl methyl sites for hydroxylation is 1. The Labute approximate surface area is 50.8 Å². The van der Waals surface area contributed by atoms with E-state index in [2.05, 4.69) is 4.98 Å². The highest BCUT2D eigenvalue weighted by Gasteiger charge is 1.80. The van der Waals surface area contributed by atoms with Gasteiger partial charge < -0.3 is 0 Å². The van der Waals surface area contributed by atoms with E-state index in [1.807, 2.05) is 12.1 Å². The van der Waals surface area contributed by atoms with Gasteiger partial charge in [0.15, 0.2) is 0 Å². The number of hydrogen-bond donors (Lipinski definition) is 0. The molecule has 1 heteroatoms. The van der Waals surface area contributed by atoms with Crippen LogP contribution in [-0.4, -0.2) is 4.98 Å². The lowest BCUT2D eigenvalue weighted by molar-refractivity contribution is 1.12. The van der Waals surface area contributed by atoms with E-state index < -0.39 is 0 Å². The van der Waals surface area contributed by atoms with Crippen molar-refractivity contribution in [3.8, 4) is 0 Å². The number of nitrogens with zero attached hydrogens (tertiary/aromatic N) is 1. The molecule has 0 saturated heterocycles. The summed E-state index contributed by atoms with van der Waals surface area (Å²) in [5.41, 5.74) is 1.19. The van der Waals surface area contributed by atoms with Gasteiger partial charge in [0.1, 0.15) is 0 Å². The minimum absolute atomic E-state index is 0.462. The molecule has 0 amide bonds. The smallest absolute Gasteiger partial charge is 0.0270 e. The van der Waals surface area contributed by atoms with Crippen molar-refractivity contribution in [2.45, 2.75) is 13.3 Å². The lowest BCUT2D eigenvalue weighted by Gasteiger charge is -1.89. The molecule has 0 N–H and O–H groups in total. The Hall–Kier alpha value is -0.850. The standard InChI is InChI=1S/C7H9N/c1-2-7-3-5-8-6-4-7/h3-6H,2H2,1H3/i1D. The average molecular weight is 108 g/mol. The van der Waals surface area contributed by atoms with Gasteiger partial charge in [-0.3, -0.25) is 4.98 Å². The molecule has 1 aromatic rings. The monoisotopic (exact) mass is 108 g/mol. The number of pyridine rings is 1. The Morgan fingerprint density at radius 3 is 3.00 bits per heavy atom. The summed E-state index contributed by atoms with van der Waals surface area (Å²) in [5, 5.41) is 0. The Bertz CT molecular complexity index is 162. The molecule has 42 valence electrons. The molecule has 0 unspecified atom stereocenters. The Morgan fingerprint density at radius 1 is 1.62 bits per heavy atom. The first-order valence-electron chi connectivity index (χ1n) is 3.32. The molecule has 1 rings (SSSR count). The number of hydrogen-bond acceptors (Lipinski definition) is 1. The van der Waals surface area contributed by atoms with Gasteiger partial charge in [0, 0.05) is 13.8 Å². The zero-order valence-electron chi connectivity index (χ0n) is 5.67.